The fraction of sp³-hybridized carbons (Fsp3) is 0.250. The molecule has 0 heterocycles. The molecule has 1 atom stereocenters. The second kappa shape index (κ2) is 3.80. The summed E-state index contributed by atoms with van der Waals surface area (Å²) in [5.74, 6) is -0.569. The monoisotopic (exact) mass is 226 g/mol. The summed E-state index contributed by atoms with van der Waals surface area (Å²) in [6.07, 6.45) is 1.42. The van der Waals surface area contributed by atoms with E-state index in [-0.39, 0.29) is 29.5 Å². The highest BCUT2D eigenvalue weighted by atomic mass is 35.5. The van der Waals surface area contributed by atoms with Crippen molar-refractivity contribution in [3.8, 4) is 0 Å². The van der Waals surface area contributed by atoms with Gasteiger partial charge in [0.1, 0.15) is 5.54 Å². The number of carbonyl (C=O) groups excluding carboxylic acids is 1. The van der Waals surface area contributed by atoms with Crippen molar-refractivity contribution < 1.29 is 11.6 Å². The maximum atomic E-state index is 12.1. The lowest BCUT2D eigenvalue weighted by Gasteiger charge is -2.30. The summed E-state index contributed by atoms with van der Waals surface area (Å²) in [6, 6.07) is -1.62. The summed E-state index contributed by atoms with van der Waals surface area (Å²) in [7, 11) is 0. The van der Waals surface area contributed by atoms with Gasteiger partial charge in [-0.15, -0.1) is 0 Å². The summed E-state index contributed by atoms with van der Waals surface area (Å²) < 4.78 is 38.3. The molecule has 0 saturated heterocycles. The third-order valence-corrected chi connectivity index (χ3v) is 2.71. The van der Waals surface area contributed by atoms with Crippen molar-refractivity contribution in [3.05, 3.63) is 46.9 Å². The van der Waals surface area contributed by atoms with Gasteiger partial charge in [0.05, 0.1) is 6.85 Å². The van der Waals surface area contributed by atoms with Crippen molar-refractivity contribution in [1.82, 2.24) is 0 Å². The van der Waals surface area contributed by atoms with Crippen molar-refractivity contribution >= 4 is 17.4 Å². The molecule has 0 spiro atoms. The molecule has 1 aliphatic rings. The molecule has 2 N–H and O–H groups in total. The molecule has 0 bridgehead atoms. The maximum Gasteiger partial charge on any atom is 0.179 e. The predicted octanol–water partition coefficient (Wildman–Crippen LogP) is 2.41. The topological polar surface area (TPSA) is 43.1 Å². The molecule has 2 rings (SSSR count). The van der Waals surface area contributed by atoms with E-state index in [1.807, 2.05) is 0 Å². The molecule has 1 aromatic carbocycles. The number of halogens is 1. The van der Waals surface area contributed by atoms with Gasteiger partial charge in [0.25, 0.3) is 0 Å². The van der Waals surface area contributed by atoms with Gasteiger partial charge >= 0.3 is 0 Å². The molecule has 1 aliphatic carbocycles. The molecule has 1 unspecified atom stereocenters. The first kappa shape index (κ1) is 5.83. The molecule has 0 aromatic heterocycles. The van der Waals surface area contributed by atoms with Crippen molar-refractivity contribution in [1.29, 1.82) is 0 Å². The minimum Gasteiger partial charge on any atom is -0.315 e. The van der Waals surface area contributed by atoms with Crippen LogP contribution in [0.3, 0.4) is 0 Å². The molecule has 1 aromatic rings. The predicted molar refractivity (Wildman–Crippen MR) is 60.7 cm³/mol. The SMILES string of the molecule is [2H]C1=CC(=O)C(N)(c2c([2H])c([2H])c([2H])c([2H])c2Cl)CC1. The van der Waals surface area contributed by atoms with Gasteiger partial charge in [-0.05, 0) is 30.5 Å². The largest absolute Gasteiger partial charge is 0.315 e. The Kier molecular flexibility index (Phi) is 1.47. The van der Waals surface area contributed by atoms with Crippen LogP contribution in [-0.2, 0) is 10.3 Å². The average molecular weight is 227 g/mol. The zero-order valence-electron chi connectivity index (χ0n) is 12.9. The summed E-state index contributed by atoms with van der Waals surface area (Å²) in [6.45, 7) is 0. The van der Waals surface area contributed by atoms with Gasteiger partial charge < -0.3 is 5.73 Å². The number of nitrogens with two attached hydrogens (primary N) is 1. The fourth-order valence-corrected chi connectivity index (χ4v) is 1.80. The Morgan fingerprint density at radius 3 is 2.93 bits per heavy atom. The van der Waals surface area contributed by atoms with Gasteiger partial charge in [0, 0.05) is 5.02 Å². The number of carbonyl (C=O) groups is 1. The van der Waals surface area contributed by atoms with Gasteiger partial charge in [0.15, 0.2) is 5.78 Å². The molecule has 0 fully saturated rings. The molecule has 0 amide bonds. The molecule has 0 aliphatic heterocycles. The number of allylic oxidation sites excluding steroid dienone is 1. The second-order valence-electron chi connectivity index (χ2n) is 3.37. The van der Waals surface area contributed by atoms with Crippen LogP contribution in [0, 0.1) is 0 Å². The highest BCUT2D eigenvalue weighted by molar-refractivity contribution is 6.31. The molecule has 78 valence electrons. The van der Waals surface area contributed by atoms with Gasteiger partial charge in [0.2, 0.25) is 0 Å². The first-order chi connectivity index (χ1) is 9.20. The zero-order chi connectivity index (χ0) is 15.2. The van der Waals surface area contributed by atoms with Crippen LogP contribution in [0.15, 0.2) is 36.3 Å². The van der Waals surface area contributed by atoms with Crippen molar-refractivity contribution in [2.75, 3.05) is 0 Å². The first-order valence-electron chi connectivity index (χ1n) is 6.97. The first-order valence-corrected chi connectivity index (χ1v) is 4.84. The molecule has 2 nitrogen and oxygen atoms in total. The number of benzene rings is 1. The molecular formula is C12H12ClNO. The molecule has 0 radical (unpaired) electrons. The quantitative estimate of drug-likeness (QED) is 0.799. The summed E-state index contributed by atoms with van der Waals surface area (Å²) >= 11 is 5.99. The van der Waals surface area contributed by atoms with Crippen molar-refractivity contribution in [2.24, 2.45) is 5.73 Å². The van der Waals surface area contributed by atoms with Crippen molar-refractivity contribution in [3.63, 3.8) is 0 Å². The van der Waals surface area contributed by atoms with Gasteiger partial charge in [-0.3, -0.25) is 4.79 Å². The van der Waals surface area contributed by atoms with Gasteiger partial charge in [-0.25, -0.2) is 0 Å². The summed E-state index contributed by atoms with van der Waals surface area (Å²) in [4.78, 5) is 12.1. The van der Waals surface area contributed by atoms with Crippen molar-refractivity contribution in [2.45, 2.75) is 18.4 Å². The Hall–Kier alpha value is -1.12. The lowest BCUT2D eigenvalue weighted by atomic mass is 9.79. The van der Waals surface area contributed by atoms with E-state index < -0.39 is 35.5 Å². The summed E-state index contributed by atoms with van der Waals surface area (Å²) in [5, 5.41) is -0.242. The lowest BCUT2D eigenvalue weighted by molar-refractivity contribution is -0.120. The second-order valence-corrected chi connectivity index (χ2v) is 3.75. The van der Waals surface area contributed by atoms with Crippen LogP contribution in [0.25, 0.3) is 0 Å². The van der Waals surface area contributed by atoms with E-state index in [0.29, 0.717) is 0 Å². The van der Waals surface area contributed by atoms with E-state index in [1.54, 1.807) is 0 Å². The summed E-state index contributed by atoms with van der Waals surface area (Å²) in [5.41, 5.74) is 4.35. The number of rotatable bonds is 1. The number of hydrogen-bond acceptors (Lipinski definition) is 2. The van der Waals surface area contributed by atoms with Crippen LogP contribution in [0.1, 0.15) is 25.3 Å². The minimum absolute atomic E-state index is 0.0863. The third kappa shape index (κ3) is 1.71. The Morgan fingerprint density at radius 1 is 1.47 bits per heavy atom. The van der Waals surface area contributed by atoms with Crippen LogP contribution < -0.4 is 5.73 Å². The number of ketones is 1. The average Bonchev–Trinajstić information content (AvgIpc) is 2.39. The molecule has 3 heteroatoms. The van der Waals surface area contributed by atoms with Crippen LogP contribution in [-0.4, -0.2) is 5.78 Å². The van der Waals surface area contributed by atoms with E-state index in [4.69, 9.17) is 24.2 Å². The smallest absolute Gasteiger partial charge is 0.179 e. The van der Waals surface area contributed by atoms with E-state index in [0.717, 1.165) is 6.08 Å². The normalized spacial score (nSPS) is 30.9. The molecule has 15 heavy (non-hydrogen) atoms. The van der Waals surface area contributed by atoms with E-state index >= 15 is 0 Å². The van der Waals surface area contributed by atoms with E-state index in [9.17, 15) is 4.79 Å². The number of hydrogen-bond donors (Lipinski definition) is 1. The maximum absolute atomic E-state index is 12.1. The molecular weight excluding hydrogens is 210 g/mol. The van der Waals surface area contributed by atoms with E-state index in [2.05, 4.69) is 0 Å². The third-order valence-electron chi connectivity index (χ3n) is 2.42. The van der Waals surface area contributed by atoms with Crippen LogP contribution in [0.4, 0.5) is 0 Å². The Balaban J connectivity index is 2.74. The van der Waals surface area contributed by atoms with Crippen LogP contribution in [0.2, 0.25) is 5.02 Å². The Bertz CT molecular complexity index is 616. The minimum atomic E-state index is -1.61. The zero-order valence-corrected chi connectivity index (χ0v) is 8.61. The van der Waals surface area contributed by atoms with E-state index in [1.165, 1.54) is 0 Å². The van der Waals surface area contributed by atoms with Gasteiger partial charge in [-0.1, -0.05) is 35.8 Å². The van der Waals surface area contributed by atoms with Crippen LogP contribution in [0.5, 0.6) is 0 Å². The fourth-order valence-electron chi connectivity index (χ4n) is 1.54. The Labute approximate surface area is 101 Å². The highest BCUT2D eigenvalue weighted by Gasteiger charge is 2.36. The lowest BCUT2D eigenvalue weighted by Crippen LogP contribution is -2.45. The van der Waals surface area contributed by atoms with Crippen LogP contribution >= 0.6 is 11.6 Å². The standard InChI is InChI=1S/C12H12ClNO/c13-10-6-2-1-5-9(10)12(14)8-4-3-7-11(12)15/h1-3,5-7H,4,8,14H2/i1D,2D,3D,5D,6D. The highest BCUT2D eigenvalue weighted by Crippen LogP contribution is 2.33. The Morgan fingerprint density at radius 2 is 2.20 bits per heavy atom. The van der Waals surface area contributed by atoms with Gasteiger partial charge in [-0.2, -0.15) is 0 Å². The molecule has 0 saturated carbocycles.